The van der Waals surface area contributed by atoms with Crippen LogP contribution in [0.15, 0.2) is 24.3 Å². The van der Waals surface area contributed by atoms with Crippen molar-refractivity contribution in [2.75, 3.05) is 0 Å². The van der Waals surface area contributed by atoms with Gasteiger partial charge < -0.3 is 10.4 Å². The van der Waals surface area contributed by atoms with E-state index in [2.05, 4.69) is 15.4 Å². The molecule has 0 saturated heterocycles. The van der Waals surface area contributed by atoms with E-state index in [0.29, 0.717) is 5.82 Å². The number of carbonyl (C=O) groups is 2. The van der Waals surface area contributed by atoms with Crippen LogP contribution in [-0.2, 0) is 4.79 Å². The highest BCUT2D eigenvalue weighted by Gasteiger charge is 2.26. The van der Waals surface area contributed by atoms with Gasteiger partial charge in [0.15, 0.2) is 0 Å². The number of hydrogen-bond acceptors (Lipinski definition) is 4. The van der Waals surface area contributed by atoms with E-state index in [4.69, 9.17) is 0 Å². The highest BCUT2D eigenvalue weighted by Crippen LogP contribution is 2.19. The van der Waals surface area contributed by atoms with Crippen LogP contribution < -0.4 is 5.32 Å². The molecule has 2 rings (SSSR count). The molecule has 0 radical (unpaired) electrons. The van der Waals surface area contributed by atoms with Crippen LogP contribution in [0.3, 0.4) is 0 Å². The first-order valence-electron chi connectivity index (χ1n) is 8.46. The van der Waals surface area contributed by atoms with Gasteiger partial charge in [-0.2, -0.15) is 0 Å². The van der Waals surface area contributed by atoms with E-state index in [1.165, 1.54) is 16.8 Å². The summed E-state index contributed by atoms with van der Waals surface area (Å²) in [4.78, 5) is 28.0. The Morgan fingerprint density at radius 2 is 1.88 bits per heavy atom. The summed E-state index contributed by atoms with van der Waals surface area (Å²) in [5, 5.41) is 15.8. The molecule has 1 aromatic carbocycles. The van der Waals surface area contributed by atoms with E-state index in [1.54, 1.807) is 12.1 Å². The minimum atomic E-state index is -1.12. The molecule has 1 aromatic heterocycles. The second kappa shape index (κ2) is 8.07. The van der Waals surface area contributed by atoms with E-state index in [-0.39, 0.29) is 29.8 Å². The Hall–Kier alpha value is -2.77. The maximum absolute atomic E-state index is 14.1. The Balaban J connectivity index is 2.36. The average molecular weight is 362 g/mol. The molecule has 1 atom stereocenters. The number of carboxylic acid groups (broad SMARTS) is 1. The van der Waals surface area contributed by atoms with Crippen LogP contribution in [-0.4, -0.2) is 37.8 Å². The maximum Gasteiger partial charge on any atom is 0.326 e. The molecule has 0 fully saturated rings. The number of halogens is 1. The molecule has 2 aromatic rings. The number of nitrogens with zero attached hydrogens (tertiary/aromatic N) is 3. The predicted molar refractivity (Wildman–Crippen MR) is 93.8 cm³/mol. The largest absolute Gasteiger partial charge is 0.480 e. The van der Waals surface area contributed by atoms with E-state index in [1.807, 2.05) is 27.7 Å². The normalized spacial score (nSPS) is 12.4. The maximum atomic E-state index is 14.1. The first-order valence-corrected chi connectivity index (χ1v) is 8.46. The summed E-state index contributed by atoms with van der Waals surface area (Å²) in [7, 11) is 0. The Kier molecular flexibility index (Phi) is 6.07. The summed E-state index contributed by atoms with van der Waals surface area (Å²) < 4.78 is 15.4. The van der Waals surface area contributed by atoms with Gasteiger partial charge in [0.2, 0.25) is 5.82 Å². The van der Waals surface area contributed by atoms with Crippen LogP contribution in [0.4, 0.5) is 4.39 Å². The molecule has 0 bridgehead atoms. The van der Waals surface area contributed by atoms with Crippen molar-refractivity contribution < 1.29 is 19.1 Å². The van der Waals surface area contributed by atoms with Crippen molar-refractivity contribution in [3.05, 3.63) is 41.7 Å². The fourth-order valence-corrected chi connectivity index (χ4v) is 2.51. The summed E-state index contributed by atoms with van der Waals surface area (Å²) in [5.41, 5.74) is 0.180. The second-order valence-electron chi connectivity index (χ2n) is 6.81. The van der Waals surface area contributed by atoms with E-state index in [0.717, 1.165) is 0 Å². The van der Waals surface area contributed by atoms with Gasteiger partial charge in [0, 0.05) is 5.92 Å². The number of carboxylic acids is 1. The first-order chi connectivity index (χ1) is 12.2. The van der Waals surface area contributed by atoms with Crippen LogP contribution in [0.2, 0.25) is 0 Å². The summed E-state index contributed by atoms with van der Waals surface area (Å²) in [6, 6.07) is 5.01. The van der Waals surface area contributed by atoms with Gasteiger partial charge in [0.05, 0.1) is 0 Å². The molecule has 8 heteroatoms. The van der Waals surface area contributed by atoms with E-state index in [9.17, 15) is 19.1 Å². The molecule has 1 amide bonds. The molecule has 2 N–H and O–H groups in total. The molecule has 1 unspecified atom stereocenters. The monoisotopic (exact) mass is 362 g/mol. The van der Waals surface area contributed by atoms with Crippen molar-refractivity contribution in [1.82, 2.24) is 20.1 Å². The van der Waals surface area contributed by atoms with Crippen molar-refractivity contribution in [2.24, 2.45) is 5.92 Å². The lowest BCUT2D eigenvalue weighted by Crippen LogP contribution is -2.42. The Bertz CT molecular complexity index is 801. The molecule has 0 saturated carbocycles. The van der Waals surface area contributed by atoms with Crippen LogP contribution >= 0.6 is 0 Å². The van der Waals surface area contributed by atoms with Gasteiger partial charge in [0.1, 0.15) is 23.4 Å². The lowest BCUT2D eigenvalue weighted by Gasteiger charge is -2.15. The van der Waals surface area contributed by atoms with Gasteiger partial charge in [-0.1, -0.05) is 39.8 Å². The third-order valence-electron chi connectivity index (χ3n) is 3.74. The third kappa shape index (κ3) is 4.44. The first kappa shape index (κ1) is 19.6. The molecule has 0 aliphatic heterocycles. The van der Waals surface area contributed by atoms with E-state index < -0.39 is 23.7 Å². The molecule has 0 aliphatic carbocycles. The number of rotatable bonds is 7. The standard InChI is InChI=1S/C18H23FN4O3/c1-10(2)9-13(18(25)26)20-17(24)15-21-16(11(3)4)23(22-15)14-8-6-5-7-12(14)19/h5-8,10-11,13H,9H2,1-4H3,(H,20,24)(H,25,26). The molecule has 1 heterocycles. The quantitative estimate of drug-likeness (QED) is 0.789. The van der Waals surface area contributed by atoms with Crippen molar-refractivity contribution in [3.63, 3.8) is 0 Å². The zero-order valence-electron chi connectivity index (χ0n) is 15.2. The van der Waals surface area contributed by atoms with Crippen molar-refractivity contribution in [1.29, 1.82) is 0 Å². The zero-order valence-corrected chi connectivity index (χ0v) is 15.2. The van der Waals surface area contributed by atoms with Crippen LogP contribution in [0.25, 0.3) is 5.69 Å². The number of aromatic nitrogens is 3. The minimum Gasteiger partial charge on any atom is -0.480 e. The van der Waals surface area contributed by atoms with Crippen LogP contribution in [0.1, 0.15) is 56.5 Å². The van der Waals surface area contributed by atoms with Crippen LogP contribution in [0.5, 0.6) is 0 Å². The molecule has 26 heavy (non-hydrogen) atoms. The summed E-state index contributed by atoms with van der Waals surface area (Å²) in [5.74, 6) is -2.11. The van der Waals surface area contributed by atoms with Crippen LogP contribution in [0, 0.1) is 11.7 Å². The Morgan fingerprint density at radius 3 is 2.42 bits per heavy atom. The second-order valence-corrected chi connectivity index (χ2v) is 6.81. The summed E-state index contributed by atoms with van der Waals surface area (Å²) in [6.45, 7) is 7.43. The summed E-state index contributed by atoms with van der Waals surface area (Å²) >= 11 is 0. The highest BCUT2D eigenvalue weighted by molar-refractivity contribution is 5.93. The Morgan fingerprint density at radius 1 is 1.23 bits per heavy atom. The number of para-hydroxylation sites is 1. The molecule has 140 valence electrons. The molecular weight excluding hydrogens is 339 g/mol. The SMILES string of the molecule is CC(C)CC(NC(=O)c1nc(C(C)C)n(-c2ccccc2F)n1)C(=O)O. The van der Waals surface area contributed by atoms with Gasteiger partial charge in [-0.15, -0.1) is 5.10 Å². The van der Waals surface area contributed by atoms with Crippen molar-refractivity contribution >= 4 is 11.9 Å². The van der Waals surface area contributed by atoms with Crippen molar-refractivity contribution in [2.45, 2.75) is 46.1 Å². The lowest BCUT2D eigenvalue weighted by atomic mass is 10.0. The summed E-state index contributed by atoms with van der Waals surface area (Å²) in [6.07, 6.45) is 0.284. The van der Waals surface area contributed by atoms with Gasteiger partial charge in [-0.25, -0.2) is 18.9 Å². The van der Waals surface area contributed by atoms with E-state index >= 15 is 0 Å². The fraction of sp³-hybridized carbons (Fsp3) is 0.444. The lowest BCUT2D eigenvalue weighted by molar-refractivity contribution is -0.139. The molecule has 0 spiro atoms. The number of hydrogen-bond donors (Lipinski definition) is 2. The third-order valence-corrected chi connectivity index (χ3v) is 3.74. The smallest absolute Gasteiger partial charge is 0.326 e. The van der Waals surface area contributed by atoms with Gasteiger partial charge in [0.25, 0.3) is 5.91 Å². The van der Waals surface area contributed by atoms with Gasteiger partial charge in [-0.05, 0) is 24.5 Å². The molecule has 0 aliphatic rings. The number of aliphatic carboxylic acids is 1. The average Bonchev–Trinajstić information content (AvgIpc) is 2.99. The number of nitrogens with one attached hydrogen (secondary N) is 1. The van der Waals surface area contributed by atoms with Crippen molar-refractivity contribution in [3.8, 4) is 5.69 Å². The minimum absolute atomic E-state index is 0.0894. The number of carbonyl (C=O) groups excluding carboxylic acids is 1. The van der Waals surface area contributed by atoms with Gasteiger partial charge >= 0.3 is 5.97 Å². The topological polar surface area (TPSA) is 97.1 Å². The molecule has 7 nitrogen and oxygen atoms in total. The highest BCUT2D eigenvalue weighted by atomic mass is 19.1. The molecular formula is C18H23FN4O3. The fourth-order valence-electron chi connectivity index (χ4n) is 2.51. The Labute approximate surface area is 151 Å². The van der Waals surface area contributed by atoms with Gasteiger partial charge in [-0.3, -0.25) is 4.79 Å². The predicted octanol–water partition coefficient (Wildman–Crippen LogP) is 2.76. The zero-order chi connectivity index (χ0) is 19.4. The number of benzene rings is 1. The number of amides is 1.